The average Bonchev–Trinajstić information content (AvgIpc) is 2.76. The molecule has 0 radical (unpaired) electrons. The van der Waals surface area contributed by atoms with E-state index in [9.17, 15) is 13.2 Å². The van der Waals surface area contributed by atoms with E-state index >= 15 is 0 Å². The van der Waals surface area contributed by atoms with Crippen molar-refractivity contribution < 1.29 is 13.2 Å². The highest BCUT2D eigenvalue weighted by atomic mass is 32.1. The second kappa shape index (κ2) is 5.93. The predicted molar refractivity (Wildman–Crippen MR) is 73.6 cm³/mol. The maximum Gasteiger partial charge on any atom is 0.416 e. The summed E-state index contributed by atoms with van der Waals surface area (Å²) in [6.07, 6.45) is -4.28. The summed E-state index contributed by atoms with van der Waals surface area (Å²) in [4.78, 5) is 4.32. The molecule has 0 aliphatic carbocycles. The van der Waals surface area contributed by atoms with Crippen molar-refractivity contribution in [3.63, 3.8) is 0 Å². The van der Waals surface area contributed by atoms with Crippen LogP contribution in [0.2, 0.25) is 0 Å². The third-order valence-corrected chi connectivity index (χ3v) is 3.78. The number of rotatable bonds is 4. The molecule has 1 N–H and O–H groups in total. The molecule has 2 nitrogen and oxygen atoms in total. The fourth-order valence-electron chi connectivity index (χ4n) is 1.89. The Hall–Kier alpha value is -1.40. The number of nitrogens with one attached hydrogen (secondary N) is 1. The van der Waals surface area contributed by atoms with E-state index in [1.165, 1.54) is 12.1 Å². The van der Waals surface area contributed by atoms with Gasteiger partial charge >= 0.3 is 6.18 Å². The highest BCUT2D eigenvalue weighted by Gasteiger charge is 2.30. The van der Waals surface area contributed by atoms with E-state index in [0.717, 1.165) is 22.3 Å². The lowest BCUT2D eigenvalue weighted by atomic mass is 10.0. The van der Waals surface area contributed by atoms with Gasteiger partial charge in [-0.05, 0) is 37.1 Å². The molecule has 1 heterocycles. The zero-order valence-electron chi connectivity index (χ0n) is 11.2. The Morgan fingerprint density at radius 1 is 1.20 bits per heavy atom. The number of thiazole rings is 1. The quantitative estimate of drug-likeness (QED) is 0.920. The topological polar surface area (TPSA) is 24.9 Å². The molecule has 20 heavy (non-hydrogen) atoms. The van der Waals surface area contributed by atoms with Gasteiger partial charge in [-0.15, -0.1) is 11.3 Å². The van der Waals surface area contributed by atoms with Gasteiger partial charge in [0.05, 0.1) is 16.3 Å². The minimum absolute atomic E-state index is 0.528. The number of aryl methyl sites for hydroxylation is 2. The Bertz CT molecular complexity index is 590. The van der Waals surface area contributed by atoms with Crippen molar-refractivity contribution in [1.29, 1.82) is 0 Å². The molecule has 2 aromatic rings. The molecule has 2 rings (SSSR count). The Morgan fingerprint density at radius 3 is 2.50 bits per heavy atom. The molecule has 1 aromatic heterocycles. The number of nitrogens with zero attached hydrogens (tertiary/aromatic N) is 1. The lowest BCUT2D eigenvalue weighted by molar-refractivity contribution is -0.137. The number of hydrogen-bond acceptors (Lipinski definition) is 3. The van der Waals surface area contributed by atoms with Crippen molar-refractivity contribution in [2.24, 2.45) is 0 Å². The fraction of sp³-hybridized carbons (Fsp3) is 0.357. The molecule has 108 valence electrons. The number of halogens is 3. The summed E-state index contributed by atoms with van der Waals surface area (Å²) in [7, 11) is 0. The lowest BCUT2D eigenvalue weighted by Gasteiger charge is -2.11. The molecule has 0 atom stereocenters. The molecule has 1 aromatic carbocycles. The zero-order chi connectivity index (χ0) is 14.8. The van der Waals surface area contributed by atoms with Gasteiger partial charge in [-0.25, -0.2) is 4.98 Å². The summed E-state index contributed by atoms with van der Waals surface area (Å²) in [5, 5.41) is 6.17. The molecule has 0 spiro atoms. The first-order valence-electron chi connectivity index (χ1n) is 6.14. The average molecular weight is 300 g/mol. The molecule has 0 aliphatic rings. The van der Waals surface area contributed by atoms with Crippen LogP contribution in [0.25, 0.3) is 0 Å². The predicted octanol–water partition coefficient (Wildman–Crippen LogP) is 4.07. The van der Waals surface area contributed by atoms with Gasteiger partial charge in [0.1, 0.15) is 0 Å². The molecule has 0 saturated heterocycles. The van der Waals surface area contributed by atoms with Gasteiger partial charge in [0.25, 0.3) is 0 Å². The van der Waals surface area contributed by atoms with Gasteiger partial charge in [-0.1, -0.05) is 6.07 Å². The Labute approximate surface area is 119 Å². The molecule has 0 bridgehead atoms. The maximum absolute atomic E-state index is 12.6. The van der Waals surface area contributed by atoms with Gasteiger partial charge in [-0.3, -0.25) is 0 Å². The van der Waals surface area contributed by atoms with Crippen LogP contribution in [0.15, 0.2) is 23.6 Å². The van der Waals surface area contributed by atoms with E-state index in [0.29, 0.717) is 18.7 Å². The summed E-state index contributed by atoms with van der Waals surface area (Å²) in [5.41, 5.74) is 1.86. The number of hydrogen-bond donors (Lipinski definition) is 1. The first kappa shape index (κ1) is 15.0. The van der Waals surface area contributed by atoms with Crippen molar-refractivity contribution in [2.75, 3.05) is 0 Å². The summed E-state index contributed by atoms with van der Waals surface area (Å²) in [5.74, 6) is 0. The van der Waals surface area contributed by atoms with Crippen LogP contribution in [0, 0.1) is 13.8 Å². The third kappa shape index (κ3) is 3.80. The van der Waals surface area contributed by atoms with Gasteiger partial charge in [0, 0.05) is 18.5 Å². The number of aromatic nitrogens is 1. The highest BCUT2D eigenvalue weighted by molar-refractivity contribution is 7.09. The molecule has 0 aliphatic heterocycles. The van der Waals surface area contributed by atoms with E-state index in [4.69, 9.17) is 0 Å². The normalized spacial score (nSPS) is 11.8. The largest absolute Gasteiger partial charge is 0.416 e. The van der Waals surface area contributed by atoms with Crippen LogP contribution in [-0.4, -0.2) is 4.98 Å². The fourth-order valence-corrected chi connectivity index (χ4v) is 2.50. The summed E-state index contributed by atoms with van der Waals surface area (Å²) in [6, 6.07) is 3.83. The van der Waals surface area contributed by atoms with E-state index < -0.39 is 11.7 Å². The minimum atomic E-state index is -4.28. The number of alkyl halides is 3. The Balaban J connectivity index is 1.96. The van der Waals surface area contributed by atoms with Crippen LogP contribution in [0.1, 0.15) is 27.4 Å². The van der Waals surface area contributed by atoms with Crippen LogP contribution in [0.3, 0.4) is 0 Å². The third-order valence-electron chi connectivity index (χ3n) is 2.96. The molecule has 0 saturated carbocycles. The van der Waals surface area contributed by atoms with Crippen LogP contribution in [0.4, 0.5) is 13.2 Å². The Kier molecular flexibility index (Phi) is 4.45. The molecular formula is C14H15F3N2S. The van der Waals surface area contributed by atoms with Crippen molar-refractivity contribution in [3.05, 3.63) is 51.0 Å². The molecule has 0 amide bonds. The van der Waals surface area contributed by atoms with E-state index in [2.05, 4.69) is 10.3 Å². The molecule has 0 unspecified atom stereocenters. The second-order valence-electron chi connectivity index (χ2n) is 4.60. The summed E-state index contributed by atoms with van der Waals surface area (Å²) < 4.78 is 37.7. The zero-order valence-corrected chi connectivity index (χ0v) is 12.0. The lowest BCUT2D eigenvalue weighted by Crippen LogP contribution is -2.14. The van der Waals surface area contributed by atoms with Crippen molar-refractivity contribution in [3.8, 4) is 0 Å². The SMILES string of the molecule is Cc1nc(CNCc2ccc(C(F)(F)F)cc2C)cs1. The van der Waals surface area contributed by atoms with Crippen LogP contribution < -0.4 is 5.32 Å². The van der Waals surface area contributed by atoms with Crippen molar-refractivity contribution in [1.82, 2.24) is 10.3 Å². The maximum atomic E-state index is 12.6. The van der Waals surface area contributed by atoms with Crippen molar-refractivity contribution >= 4 is 11.3 Å². The van der Waals surface area contributed by atoms with Gasteiger partial charge in [0.2, 0.25) is 0 Å². The Morgan fingerprint density at radius 2 is 1.95 bits per heavy atom. The smallest absolute Gasteiger partial charge is 0.307 e. The van der Waals surface area contributed by atoms with Crippen LogP contribution >= 0.6 is 11.3 Å². The molecular weight excluding hydrogens is 285 g/mol. The number of benzene rings is 1. The minimum Gasteiger partial charge on any atom is -0.307 e. The first-order valence-corrected chi connectivity index (χ1v) is 7.02. The van der Waals surface area contributed by atoms with E-state index in [1.54, 1.807) is 18.3 Å². The van der Waals surface area contributed by atoms with E-state index in [1.807, 2.05) is 12.3 Å². The monoisotopic (exact) mass is 300 g/mol. The van der Waals surface area contributed by atoms with Crippen LogP contribution in [0.5, 0.6) is 0 Å². The van der Waals surface area contributed by atoms with Gasteiger partial charge in [0.15, 0.2) is 0 Å². The standard InChI is InChI=1S/C14H15F3N2S/c1-9-5-12(14(15,16)17)4-3-11(9)6-18-7-13-8-20-10(2)19-13/h3-5,8,18H,6-7H2,1-2H3. The van der Waals surface area contributed by atoms with Gasteiger partial charge in [-0.2, -0.15) is 13.2 Å². The second-order valence-corrected chi connectivity index (χ2v) is 5.66. The first-order chi connectivity index (χ1) is 9.36. The highest BCUT2D eigenvalue weighted by Crippen LogP contribution is 2.30. The van der Waals surface area contributed by atoms with Gasteiger partial charge < -0.3 is 5.32 Å². The molecule has 0 fully saturated rings. The summed E-state index contributed by atoms with van der Waals surface area (Å²) in [6.45, 7) is 4.78. The van der Waals surface area contributed by atoms with E-state index in [-0.39, 0.29) is 0 Å². The van der Waals surface area contributed by atoms with Crippen LogP contribution in [-0.2, 0) is 19.3 Å². The molecule has 6 heteroatoms. The summed E-state index contributed by atoms with van der Waals surface area (Å²) >= 11 is 1.58. The van der Waals surface area contributed by atoms with Crippen molar-refractivity contribution in [2.45, 2.75) is 33.1 Å².